The number of halogens is 4. The molecule has 0 saturated carbocycles. The van der Waals surface area contributed by atoms with Gasteiger partial charge in [-0.05, 0) is 29.3 Å². The predicted octanol–water partition coefficient (Wildman–Crippen LogP) is 3.82. The molecule has 1 heterocycles. The van der Waals surface area contributed by atoms with E-state index in [1.54, 1.807) is 6.07 Å². The minimum absolute atomic E-state index is 0.0562. The summed E-state index contributed by atoms with van der Waals surface area (Å²) in [6.07, 6.45) is -1.60. The van der Waals surface area contributed by atoms with Gasteiger partial charge in [-0.15, -0.1) is 0 Å². The fourth-order valence-electron chi connectivity index (χ4n) is 1.34. The summed E-state index contributed by atoms with van der Waals surface area (Å²) in [6.45, 7) is 0. The Balaban J connectivity index is 2.43. The third-order valence-electron chi connectivity index (χ3n) is 2.14. The van der Waals surface area contributed by atoms with Crippen molar-refractivity contribution in [3.63, 3.8) is 0 Å². The van der Waals surface area contributed by atoms with Gasteiger partial charge in [-0.25, -0.2) is 9.97 Å². The number of aromatic nitrogens is 2. The van der Waals surface area contributed by atoms with Gasteiger partial charge in [0.1, 0.15) is 0 Å². The first-order valence-corrected chi connectivity index (χ1v) is 5.00. The van der Waals surface area contributed by atoms with E-state index in [2.05, 4.69) is 9.97 Å². The van der Waals surface area contributed by atoms with E-state index in [1.165, 1.54) is 18.5 Å². The largest absolute Gasteiger partial charge is 0.416 e. The average molecular weight is 259 g/mol. The molecule has 2 aromatic rings. The van der Waals surface area contributed by atoms with Crippen molar-refractivity contribution in [3.8, 4) is 11.1 Å². The smallest absolute Gasteiger partial charge is 0.226 e. The second-order valence-corrected chi connectivity index (χ2v) is 3.66. The van der Waals surface area contributed by atoms with E-state index in [1.807, 2.05) is 0 Å². The molecule has 0 bridgehead atoms. The van der Waals surface area contributed by atoms with Crippen molar-refractivity contribution in [2.45, 2.75) is 6.18 Å². The molecule has 0 fully saturated rings. The van der Waals surface area contributed by atoms with E-state index in [0.717, 1.165) is 12.1 Å². The maximum Gasteiger partial charge on any atom is 0.416 e. The van der Waals surface area contributed by atoms with Crippen LogP contribution >= 0.6 is 11.6 Å². The molecule has 0 aliphatic carbocycles. The molecule has 1 aromatic carbocycles. The van der Waals surface area contributed by atoms with Crippen molar-refractivity contribution in [1.29, 1.82) is 0 Å². The summed E-state index contributed by atoms with van der Waals surface area (Å²) >= 11 is 5.50. The first-order chi connectivity index (χ1) is 7.97. The van der Waals surface area contributed by atoms with Gasteiger partial charge in [0.05, 0.1) is 5.56 Å². The predicted molar refractivity (Wildman–Crippen MR) is 57.5 cm³/mol. The van der Waals surface area contributed by atoms with Gasteiger partial charge in [0.15, 0.2) is 0 Å². The van der Waals surface area contributed by atoms with Crippen LogP contribution in [-0.4, -0.2) is 9.97 Å². The number of rotatable bonds is 1. The monoisotopic (exact) mass is 258 g/mol. The highest BCUT2D eigenvalue weighted by molar-refractivity contribution is 6.28. The molecule has 0 atom stereocenters. The van der Waals surface area contributed by atoms with Crippen LogP contribution in [0.5, 0.6) is 0 Å². The highest BCUT2D eigenvalue weighted by Gasteiger charge is 2.30. The van der Waals surface area contributed by atoms with Gasteiger partial charge in [-0.3, -0.25) is 0 Å². The number of hydrogen-bond acceptors (Lipinski definition) is 2. The second kappa shape index (κ2) is 4.33. The third-order valence-corrected chi connectivity index (χ3v) is 2.34. The number of nitrogens with zero attached hydrogens (tertiary/aromatic N) is 2. The standard InChI is InChI=1S/C11H6ClF3N2/c12-10-16-5-8(6-17-10)7-2-1-3-9(4-7)11(13,14)15/h1-6H. The SMILES string of the molecule is FC(F)(F)c1cccc(-c2cnc(Cl)nc2)c1. The fraction of sp³-hybridized carbons (Fsp3) is 0.0909. The summed E-state index contributed by atoms with van der Waals surface area (Å²) in [4.78, 5) is 7.44. The lowest BCUT2D eigenvalue weighted by molar-refractivity contribution is -0.137. The molecule has 88 valence electrons. The molecule has 2 rings (SSSR count). The zero-order chi connectivity index (χ0) is 12.5. The number of alkyl halides is 3. The van der Waals surface area contributed by atoms with Crippen LogP contribution in [0.2, 0.25) is 5.28 Å². The summed E-state index contributed by atoms with van der Waals surface area (Å²) in [5.41, 5.74) is 0.182. The topological polar surface area (TPSA) is 25.8 Å². The molecule has 0 unspecified atom stereocenters. The summed E-state index contributed by atoms with van der Waals surface area (Å²) < 4.78 is 37.5. The zero-order valence-corrected chi connectivity index (χ0v) is 9.13. The van der Waals surface area contributed by atoms with E-state index in [9.17, 15) is 13.2 Å². The van der Waals surface area contributed by atoms with Gasteiger partial charge in [0, 0.05) is 18.0 Å². The molecule has 0 amide bonds. The Hall–Kier alpha value is -1.62. The summed E-state index contributed by atoms with van der Waals surface area (Å²) in [5, 5.41) is 0.0562. The van der Waals surface area contributed by atoms with Crippen molar-refractivity contribution in [3.05, 3.63) is 47.5 Å². The van der Waals surface area contributed by atoms with Crippen LogP contribution in [0.25, 0.3) is 11.1 Å². The molecule has 0 aliphatic rings. The maximum atomic E-state index is 12.5. The van der Waals surface area contributed by atoms with E-state index in [-0.39, 0.29) is 5.28 Å². The highest BCUT2D eigenvalue weighted by atomic mass is 35.5. The molecular formula is C11H6ClF3N2. The quantitative estimate of drug-likeness (QED) is 0.727. The first kappa shape index (κ1) is 11.9. The third kappa shape index (κ3) is 2.74. The van der Waals surface area contributed by atoms with Gasteiger partial charge in [-0.2, -0.15) is 13.2 Å². The van der Waals surface area contributed by atoms with Gasteiger partial charge < -0.3 is 0 Å². The molecule has 1 aromatic heterocycles. The van der Waals surface area contributed by atoms with Crippen molar-refractivity contribution in [2.75, 3.05) is 0 Å². The van der Waals surface area contributed by atoms with Crippen LogP contribution in [0.15, 0.2) is 36.7 Å². The molecular weight excluding hydrogens is 253 g/mol. The zero-order valence-electron chi connectivity index (χ0n) is 8.37. The molecule has 0 radical (unpaired) electrons. The Morgan fingerprint density at radius 1 is 1.00 bits per heavy atom. The molecule has 0 aliphatic heterocycles. The van der Waals surface area contributed by atoms with E-state index >= 15 is 0 Å². The number of hydrogen-bond donors (Lipinski definition) is 0. The molecule has 2 nitrogen and oxygen atoms in total. The van der Waals surface area contributed by atoms with E-state index < -0.39 is 11.7 Å². The average Bonchev–Trinajstić information content (AvgIpc) is 2.29. The van der Waals surface area contributed by atoms with Crippen LogP contribution < -0.4 is 0 Å². The van der Waals surface area contributed by atoms with Crippen molar-refractivity contribution >= 4 is 11.6 Å². The van der Waals surface area contributed by atoms with Crippen molar-refractivity contribution in [2.24, 2.45) is 0 Å². The Morgan fingerprint density at radius 2 is 1.65 bits per heavy atom. The van der Waals surface area contributed by atoms with Crippen molar-refractivity contribution in [1.82, 2.24) is 9.97 Å². The lowest BCUT2D eigenvalue weighted by atomic mass is 10.1. The molecule has 6 heteroatoms. The highest BCUT2D eigenvalue weighted by Crippen LogP contribution is 2.31. The van der Waals surface area contributed by atoms with Crippen LogP contribution in [0, 0.1) is 0 Å². The van der Waals surface area contributed by atoms with Crippen LogP contribution in [-0.2, 0) is 6.18 Å². The summed E-state index contributed by atoms with van der Waals surface area (Å²) in [5.74, 6) is 0. The Morgan fingerprint density at radius 3 is 2.24 bits per heavy atom. The fourth-order valence-corrected chi connectivity index (χ4v) is 1.43. The van der Waals surface area contributed by atoms with Crippen LogP contribution in [0.4, 0.5) is 13.2 Å². The minimum atomic E-state index is -4.36. The Bertz CT molecular complexity index is 523. The van der Waals surface area contributed by atoms with E-state index in [4.69, 9.17) is 11.6 Å². The lowest BCUT2D eigenvalue weighted by Crippen LogP contribution is -2.04. The van der Waals surface area contributed by atoms with Gasteiger partial charge in [0.2, 0.25) is 5.28 Å². The summed E-state index contributed by atoms with van der Waals surface area (Å²) in [7, 11) is 0. The van der Waals surface area contributed by atoms with Crippen molar-refractivity contribution < 1.29 is 13.2 Å². The molecule has 0 spiro atoms. The number of benzene rings is 1. The first-order valence-electron chi connectivity index (χ1n) is 4.62. The normalized spacial score (nSPS) is 11.5. The molecule has 0 N–H and O–H groups in total. The Kier molecular flexibility index (Phi) is 3.02. The van der Waals surface area contributed by atoms with Gasteiger partial charge in [0.25, 0.3) is 0 Å². The van der Waals surface area contributed by atoms with E-state index in [0.29, 0.717) is 11.1 Å². The van der Waals surface area contributed by atoms with Crippen LogP contribution in [0.1, 0.15) is 5.56 Å². The lowest BCUT2D eigenvalue weighted by Gasteiger charge is -2.08. The molecule has 17 heavy (non-hydrogen) atoms. The van der Waals surface area contributed by atoms with Gasteiger partial charge in [-0.1, -0.05) is 12.1 Å². The minimum Gasteiger partial charge on any atom is -0.226 e. The van der Waals surface area contributed by atoms with Gasteiger partial charge >= 0.3 is 6.18 Å². The molecule has 0 saturated heterocycles. The van der Waals surface area contributed by atoms with Crippen LogP contribution in [0.3, 0.4) is 0 Å². The second-order valence-electron chi connectivity index (χ2n) is 3.32. The maximum absolute atomic E-state index is 12.5. The summed E-state index contributed by atoms with van der Waals surface area (Å²) in [6, 6.07) is 4.96. The Labute approximate surface area is 100 Å².